The van der Waals surface area contributed by atoms with Gasteiger partial charge in [-0.25, -0.2) is 9.48 Å². The maximum absolute atomic E-state index is 11.6. The highest BCUT2D eigenvalue weighted by atomic mass is 32.1. The topological polar surface area (TPSA) is 82.5 Å². The number of hydrogen-bond donors (Lipinski definition) is 1. The van der Waals surface area contributed by atoms with Crippen LogP contribution in [0.15, 0.2) is 35.4 Å². The van der Waals surface area contributed by atoms with Crippen molar-refractivity contribution < 1.29 is 9.53 Å². The average molecular weight is 264 g/mol. The first kappa shape index (κ1) is 12.3. The summed E-state index contributed by atoms with van der Waals surface area (Å²) in [6, 6.07) is 9.33. The molecular weight excluding hydrogens is 252 g/mol. The zero-order chi connectivity index (χ0) is 13.0. The molecule has 1 heterocycles. The minimum absolute atomic E-state index is 0.227. The fourth-order valence-corrected chi connectivity index (χ4v) is 2.10. The summed E-state index contributed by atoms with van der Waals surface area (Å²) in [5, 5.41) is 8.00. The van der Waals surface area contributed by atoms with Crippen molar-refractivity contribution in [1.29, 1.82) is 0 Å². The van der Waals surface area contributed by atoms with Crippen molar-refractivity contribution in [2.45, 2.75) is 6.92 Å². The number of rotatable bonds is 3. The first-order chi connectivity index (χ1) is 8.76. The van der Waals surface area contributed by atoms with Gasteiger partial charge in [-0.3, -0.25) is 0 Å². The number of esters is 1. The standard InChI is InChI=1S/C11H12N4O2S/c1-2-17-10(16)9-14-15(11(13-12)18-9)8-6-4-3-5-7-8/h3-7H,2,12H2,1H3/b13-11-. The van der Waals surface area contributed by atoms with Crippen LogP contribution in [0.4, 0.5) is 0 Å². The van der Waals surface area contributed by atoms with Crippen LogP contribution in [0.1, 0.15) is 16.7 Å². The molecule has 1 aromatic heterocycles. The van der Waals surface area contributed by atoms with E-state index in [0.717, 1.165) is 17.0 Å². The summed E-state index contributed by atoms with van der Waals surface area (Å²) >= 11 is 1.09. The molecule has 0 aliphatic carbocycles. The predicted octanol–water partition coefficient (Wildman–Crippen LogP) is 0.885. The molecule has 2 rings (SSSR count). The van der Waals surface area contributed by atoms with Crippen molar-refractivity contribution >= 4 is 17.3 Å². The van der Waals surface area contributed by atoms with Crippen molar-refractivity contribution in [3.8, 4) is 5.69 Å². The normalized spacial score (nSPS) is 11.5. The van der Waals surface area contributed by atoms with Crippen molar-refractivity contribution in [3.63, 3.8) is 0 Å². The van der Waals surface area contributed by atoms with E-state index in [-0.39, 0.29) is 5.01 Å². The first-order valence-corrected chi connectivity index (χ1v) is 6.14. The predicted molar refractivity (Wildman–Crippen MR) is 67.1 cm³/mol. The summed E-state index contributed by atoms with van der Waals surface area (Å²) in [5.41, 5.74) is 0.786. The maximum atomic E-state index is 11.6. The Morgan fingerprint density at radius 2 is 2.22 bits per heavy atom. The molecule has 0 unspecified atom stereocenters. The van der Waals surface area contributed by atoms with Crippen LogP contribution in [0, 0.1) is 0 Å². The Morgan fingerprint density at radius 3 is 2.83 bits per heavy atom. The molecule has 0 fully saturated rings. The molecule has 0 bridgehead atoms. The van der Waals surface area contributed by atoms with Gasteiger partial charge in [-0.15, -0.1) is 5.10 Å². The van der Waals surface area contributed by atoms with E-state index in [4.69, 9.17) is 10.6 Å². The molecule has 0 aliphatic rings. The zero-order valence-electron chi connectivity index (χ0n) is 9.74. The van der Waals surface area contributed by atoms with Gasteiger partial charge in [0.05, 0.1) is 12.3 Å². The minimum atomic E-state index is -0.470. The van der Waals surface area contributed by atoms with Gasteiger partial charge in [-0.1, -0.05) is 29.5 Å². The Bertz CT molecular complexity index is 603. The summed E-state index contributed by atoms with van der Waals surface area (Å²) in [6.45, 7) is 2.05. The van der Waals surface area contributed by atoms with Gasteiger partial charge in [0.15, 0.2) is 0 Å². The van der Waals surface area contributed by atoms with Crippen LogP contribution < -0.4 is 10.6 Å². The van der Waals surface area contributed by atoms with Crippen molar-refractivity contribution in [3.05, 3.63) is 40.1 Å². The molecule has 0 aliphatic heterocycles. The summed E-state index contributed by atoms with van der Waals surface area (Å²) in [4.78, 5) is 12.0. The van der Waals surface area contributed by atoms with Gasteiger partial charge < -0.3 is 10.6 Å². The highest BCUT2D eigenvalue weighted by Crippen LogP contribution is 2.07. The Kier molecular flexibility index (Phi) is 3.73. The van der Waals surface area contributed by atoms with E-state index in [1.807, 2.05) is 30.3 Å². The molecule has 0 saturated carbocycles. The van der Waals surface area contributed by atoms with Crippen LogP contribution in [-0.2, 0) is 4.74 Å². The van der Waals surface area contributed by atoms with Crippen molar-refractivity contribution in [2.24, 2.45) is 10.9 Å². The number of hydrogen-bond acceptors (Lipinski definition) is 6. The zero-order valence-corrected chi connectivity index (χ0v) is 10.6. The number of nitrogens with zero attached hydrogens (tertiary/aromatic N) is 3. The molecule has 7 heteroatoms. The average Bonchev–Trinajstić information content (AvgIpc) is 2.84. The number of carbonyl (C=O) groups is 1. The SMILES string of the molecule is CCOC(=O)c1nn(-c2ccccc2)/c(=N/N)s1. The lowest BCUT2D eigenvalue weighted by molar-refractivity contribution is 0.0524. The van der Waals surface area contributed by atoms with E-state index in [1.165, 1.54) is 4.68 Å². The van der Waals surface area contributed by atoms with E-state index in [2.05, 4.69) is 10.2 Å². The van der Waals surface area contributed by atoms with Gasteiger partial charge in [0, 0.05) is 0 Å². The number of aromatic nitrogens is 2. The van der Waals surface area contributed by atoms with Crippen molar-refractivity contribution in [1.82, 2.24) is 9.78 Å². The molecule has 0 amide bonds. The largest absolute Gasteiger partial charge is 0.461 e. The van der Waals surface area contributed by atoms with E-state index in [9.17, 15) is 4.79 Å². The molecule has 0 saturated heterocycles. The summed E-state index contributed by atoms with van der Waals surface area (Å²) in [5.74, 6) is 4.83. The Labute approximate surface area is 107 Å². The van der Waals surface area contributed by atoms with E-state index in [0.29, 0.717) is 11.4 Å². The lowest BCUT2D eigenvalue weighted by atomic mass is 10.3. The smallest absolute Gasteiger partial charge is 0.369 e. The van der Waals surface area contributed by atoms with Gasteiger partial charge in [0.2, 0.25) is 9.81 Å². The van der Waals surface area contributed by atoms with Crippen molar-refractivity contribution in [2.75, 3.05) is 6.61 Å². The molecule has 1 aromatic carbocycles. The molecule has 0 spiro atoms. The highest BCUT2D eigenvalue weighted by Gasteiger charge is 2.14. The fourth-order valence-electron chi connectivity index (χ4n) is 1.38. The Hall–Kier alpha value is -2.15. The number of ether oxygens (including phenoxy) is 1. The van der Waals surface area contributed by atoms with Crippen LogP contribution >= 0.6 is 11.3 Å². The first-order valence-electron chi connectivity index (χ1n) is 5.33. The van der Waals surface area contributed by atoms with Crippen LogP contribution in [0.25, 0.3) is 5.69 Å². The Morgan fingerprint density at radius 1 is 1.50 bits per heavy atom. The van der Waals surface area contributed by atoms with E-state index < -0.39 is 5.97 Å². The molecule has 2 aromatic rings. The second-order valence-electron chi connectivity index (χ2n) is 3.29. The van der Waals surface area contributed by atoms with Crippen LogP contribution in [-0.4, -0.2) is 22.4 Å². The van der Waals surface area contributed by atoms with Crippen LogP contribution in [0.2, 0.25) is 0 Å². The van der Waals surface area contributed by atoms with Crippen LogP contribution in [0.5, 0.6) is 0 Å². The Balaban J connectivity index is 2.46. The third-order valence-corrected chi connectivity index (χ3v) is 3.02. The fraction of sp³-hybridized carbons (Fsp3) is 0.182. The van der Waals surface area contributed by atoms with Gasteiger partial charge >= 0.3 is 5.97 Å². The van der Waals surface area contributed by atoms with Gasteiger partial charge in [-0.05, 0) is 19.1 Å². The number of benzene rings is 1. The number of nitrogens with two attached hydrogens (primary N) is 1. The van der Waals surface area contributed by atoms with Crippen LogP contribution in [0.3, 0.4) is 0 Å². The van der Waals surface area contributed by atoms with Gasteiger partial charge in [0.25, 0.3) is 0 Å². The lowest BCUT2D eigenvalue weighted by Gasteiger charge is -1.99. The lowest BCUT2D eigenvalue weighted by Crippen LogP contribution is -2.16. The quantitative estimate of drug-likeness (QED) is 0.507. The van der Waals surface area contributed by atoms with Gasteiger partial charge in [0.1, 0.15) is 0 Å². The molecular formula is C11H12N4O2S. The molecule has 0 radical (unpaired) electrons. The maximum Gasteiger partial charge on any atom is 0.369 e. The summed E-state index contributed by atoms with van der Waals surface area (Å²) in [7, 11) is 0. The second-order valence-corrected chi connectivity index (χ2v) is 4.24. The molecule has 0 atom stereocenters. The molecule has 2 N–H and O–H groups in total. The molecule has 94 valence electrons. The third-order valence-electron chi connectivity index (χ3n) is 2.12. The number of carbonyl (C=O) groups excluding carboxylic acids is 1. The molecule has 6 nitrogen and oxygen atoms in total. The highest BCUT2D eigenvalue weighted by molar-refractivity contribution is 7.10. The van der Waals surface area contributed by atoms with Gasteiger partial charge in [-0.2, -0.15) is 5.10 Å². The monoisotopic (exact) mass is 264 g/mol. The summed E-state index contributed by atoms with van der Waals surface area (Å²) in [6.07, 6.45) is 0. The molecule has 18 heavy (non-hydrogen) atoms. The number of para-hydroxylation sites is 1. The second kappa shape index (κ2) is 5.46. The van der Waals surface area contributed by atoms with E-state index >= 15 is 0 Å². The third kappa shape index (κ3) is 2.40. The minimum Gasteiger partial charge on any atom is -0.461 e. The van der Waals surface area contributed by atoms with E-state index in [1.54, 1.807) is 6.92 Å². The summed E-state index contributed by atoms with van der Waals surface area (Å²) < 4.78 is 6.40.